The molecule has 1 fully saturated rings. The highest BCUT2D eigenvalue weighted by Gasteiger charge is 2.39. The SMILES string of the molecule is CCCNC(c1cccnc1)C1(OC)CCCCCC1. The molecule has 0 aromatic carbocycles. The van der Waals surface area contributed by atoms with Crippen molar-refractivity contribution in [3.8, 4) is 0 Å². The Kier molecular flexibility index (Phi) is 5.99. The standard InChI is InChI=1S/C17H28N2O/c1-3-12-19-16(15-9-8-13-18-14-15)17(20-2)10-6-4-5-7-11-17/h8-9,13-14,16,19H,3-7,10-12H2,1-2H3. The summed E-state index contributed by atoms with van der Waals surface area (Å²) < 4.78 is 6.08. The largest absolute Gasteiger partial charge is 0.376 e. The second kappa shape index (κ2) is 7.75. The van der Waals surface area contributed by atoms with Gasteiger partial charge in [0.1, 0.15) is 0 Å². The molecule has 1 unspecified atom stereocenters. The molecule has 0 aliphatic heterocycles. The van der Waals surface area contributed by atoms with Crippen molar-refractivity contribution in [3.63, 3.8) is 0 Å². The van der Waals surface area contributed by atoms with Crippen molar-refractivity contribution >= 4 is 0 Å². The molecule has 1 aliphatic rings. The summed E-state index contributed by atoms with van der Waals surface area (Å²) in [4.78, 5) is 4.30. The Bertz CT molecular complexity index is 372. The molecule has 0 spiro atoms. The smallest absolute Gasteiger partial charge is 0.0873 e. The number of hydrogen-bond donors (Lipinski definition) is 1. The Balaban J connectivity index is 2.27. The van der Waals surface area contributed by atoms with Gasteiger partial charge in [0, 0.05) is 19.5 Å². The Hall–Kier alpha value is -0.930. The predicted octanol–water partition coefficient (Wildman–Crippen LogP) is 3.86. The van der Waals surface area contributed by atoms with Crippen LogP contribution in [0.4, 0.5) is 0 Å². The van der Waals surface area contributed by atoms with E-state index >= 15 is 0 Å². The zero-order chi connectivity index (χ0) is 14.3. The van der Waals surface area contributed by atoms with Crippen LogP contribution in [0.1, 0.15) is 63.5 Å². The van der Waals surface area contributed by atoms with Crippen molar-refractivity contribution < 1.29 is 4.74 Å². The van der Waals surface area contributed by atoms with Gasteiger partial charge in [-0.05, 0) is 37.4 Å². The summed E-state index contributed by atoms with van der Waals surface area (Å²) in [7, 11) is 1.88. The fraction of sp³-hybridized carbons (Fsp3) is 0.706. The van der Waals surface area contributed by atoms with E-state index in [1.807, 2.05) is 25.6 Å². The van der Waals surface area contributed by atoms with Gasteiger partial charge in [-0.25, -0.2) is 0 Å². The fourth-order valence-corrected chi connectivity index (χ4v) is 3.38. The minimum atomic E-state index is -0.0747. The molecule has 1 aromatic rings. The van der Waals surface area contributed by atoms with Crippen LogP contribution in [0.5, 0.6) is 0 Å². The topological polar surface area (TPSA) is 34.2 Å². The first-order valence-corrected chi connectivity index (χ1v) is 8.01. The molecule has 3 nitrogen and oxygen atoms in total. The quantitative estimate of drug-likeness (QED) is 0.801. The maximum atomic E-state index is 6.08. The molecule has 0 radical (unpaired) electrons. The van der Waals surface area contributed by atoms with Crippen LogP contribution in [0, 0.1) is 0 Å². The first-order chi connectivity index (χ1) is 9.82. The fourth-order valence-electron chi connectivity index (χ4n) is 3.38. The van der Waals surface area contributed by atoms with E-state index in [9.17, 15) is 0 Å². The number of aromatic nitrogens is 1. The molecule has 0 amide bonds. The zero-order valence-electron chi connectivity index (χ0n) is 12.9. The molecule has 1 saturated carbocycles. The lowest BCUT2D eigenvalue weighted by Gasteiger charge is -2.40. The lowest BCUT2D eigenvalue weighted by molar-refractivity contribution is -0.0540. The molecule has 1 heterocycles. The van der Waals surface area contributed by atoms with E-state index in [0.717, 1.165) is 25.8 Å². The minimum absolute atomic E-state index is 0.0747. The molecule has 20 heavy (non-hydrogen) atoms. The number of pyridine rings is 1. The summed E-state index contributed by atoms with van der Waals surface area (Å²) in [5, 5.41) is 3.71. The van der Waals surface area contributed by atoms with Gasteiger partial charge in [0.15, 0.2) is 0 Å². The van der Waals surface area contributed by atoms with Crippen LogP contribution in [0.2, 0.25) is 0 Å². The van der Waals surface area contributed by atoms with Crippen molar-refractivity contribution in [3.05, 3.63) is 30.1 Å². The highest BCUT2D eigenvalue weighted by Crippen LogP contribution is 2.40. The molecule has 1 aliphatic carbocycles. The van der Waals surface area contributed by atoms with Crippen molar-refractivity contribution in [1.29, 1.82) is 0 Å². The van der Waals surface area contributed by atoms with Gasteiger partial charge >= 0.3 is 0 Å². The molecule has 0 saturated heterocycles. The molecular formula is C17H28N2O. The maximum Gasteiger partial charge on any atom is 0.0873 e. The average Bonchev–Trinajstić information content (AvgIpc) is 2.75. The molecule has 3 heteroatoms. The first-order valence-electron chi connectivity index (χ1n) is 8.01. The number of hydrogen-bond acceptors (Lipinski definition) is 3. The number of nitrogens with zero attached hydrogens (tertiary/aromatic N) is 1. The lowest BCUT2D eigenvalue weighted by atomic mass is 9.82. The Morgan fingerprint density at radius 3 is 2.60 bits per heavy atom. The van der Waals surface area contributed by atoms with Gasteiger partial charge in [-0.3, -0.25) is 4.98 Å². The molecule has 1 atom stereocenters. The predicted molar refractivity (Wildman–Crippen MR) is 82.7 cm³/mol. The van der Waals surface area contributed by atoms with Gasteiger partial charge < -0.3 is 10.1 Å². The highest BCUT2D eigenvalue weighted by molar-refractivity contribution is 5.19. The second-order valence-electron chi connectivity index (χ2n) is 5.86. The summed E-state index contributed by atoms with van der Waals surface area (Å²) in [6.07, 6.45) is 12.4. The normalized spacial score (nSPS) is 20.3. The third-order valence-electron chi connectivity index (χ3n) is 4.50. The Morgan fingerprint density at radius 1 is 1.30 bits per heavy atom. The summed E-state index contributed by atoms with van der Waals surface area (Å²) in [6.45, 7) is 3.23. The van der Waals surface area contributed by atoms with Crippen LogP contribution in [0.25, 0.3) is 0 Å². The van der Waals surface area contributed by atoms with Crippen molar-refractivity contribution in [2.24, 2.45) is 0 Å². The maximum absolute atomic E-state index is 6.08. The number of ether oxygens (including phenoxy) is 1. The lowest BCUT2D eigenvalue weighted by Crippen LogP contribution is -2.45. The zero-order valence-corrected chi connectivity index (χ0v) is 12.9. The second-order valence-corrected chi connectivity index (χ2v) is 5.86. The van der Waals surface area contributed by atoms with Crippen LogP contribution in [-0.2, 0) is 4.74 Å². The highest BCUT2D eigenvalue weighted by atomic mass is 16.5. The molecule has 0 bridgehead atoms. The number of nitrogens with one attached hydrogen (secondary N) is 1. The molecular weight excluding hydrogens is 248 g/mol. The monoisotopic (exact) mass is 276 g/mol. The Labute approximate surface area is 123 Å². The van der Waals surface area contributed by atoms with Crippen LogP contribution < -0.4 is 5.32 Å². The Morgan fingerprint density at radius 2 is 2.05 bits per heavy atom. The van der Waals surface area contributed by atoms with E-state index < -0.39 is 0 Å². The van der Waals surface area contributed by atoms with Gasteiger partial charge in [0.2, 0.25) is 0 Å². The van der Waals surface area contributed by atoms with E-state index in [2.05, 4.69) is 23.3 Å². The van der Waals surface area contributed by atoms with Gasteiger partial charge in [0.05, 0.1) is 11.6 Å². The van der Waals surface area contributed by atoms with E-state index in [4.69, 9.17) is 4.74 Å². The first kappa shape index (κ1) is 15.5. The van der Waals surface area contributed by atoms with Crippen LogP contribution >= 0.6 is 0 Å². The summed E-state index contributed by atoms with van der Waals surface area (Å²) in [6, 6.07) is 4.45. The van der Waals surface area contributed by atoms with E-state index in [1.54, 1.807) is 0 Å². The van der Waals surface area contributed by atoms with Crippen molar-refractivity contribution in [1.82, 2.24) is 10.3 Å². The number of methoxy groups -OCH3 is 1. The van der Waals surface area contributed by atoms with E-state index in [-0.39, 0.29) is 11.6 Å². The van der Waals surface area contributed by atoms with Crippen LogP contribution in [0.3, 0.4) is 0 Å². The number of rotatable bonds is 6. The third kappa shape index (κ3) is 3.58. The summed E-state index contributed by atoms with van der Waals surface area (Å²) in [5.41, 5.74) is 1.18. The van der Waals surface area contributed by atoms with Crippen molar-refractivity contribution in [2.75, 3.05) is 13.7 Å². The molecule has 112 valence electrons. The van der Waals surface area contributed by atoms with Gasteiger partial charge in [0.25, 0.3) is 0 Å². The molecule has 1 aromatic heterocycles. The van der Waals surface area contributed by atoms with Crippen LogP contribution in [0.15, 0.2) is 24.5 Å². The third-order valence-corrected chi connectivity index (χ3v) is 4.50. The van der Waals surface area contributed by atoms with E-state index in [0.29, 0.717) is 0 Å². The van der Waals surface area contributed by atoms with Gasteiger partial charge in [-0.1, -0.05) is 38.7 Å². The van der Waals surface area contributed by atoms with Gasteiger partial charge in [-0.2, -0.15) is 0 Å². The molecule has 1 N–H and O–H groups in total. The van der Waals surface area contributed by atoms with E-state index in [1.165, 1.54) is 31.2 Å². The van der Waals surface area contributed by atoms with Gasteiger partial charge in [-0.15, -0.1) is 0 Å². The van der Waals surface area contributed by atoms with Crippen molar-refractivity contribution in [2.45, 2.75) is 63.5 Å². The average molecular weight is 276 g/mol. The molecule has 2 rings (SSSR count). The summed E-state index contributed by atoms with van der Waals surface area (Å²) >= 11 is 0. The summed E-state index contributed by atoms with van der Waals surface area (Å²) in [5.74, 6) is 0. The van der Waals surface area contributed by atoms with Crippen LogP contribution in [-0.4, -0.2) is 24.2 Å². The minimum Gasteiger partial charge on any atom is -0.376 e.